The molecule has 186 valence electrons. The summed E-state index contributed by atoms with van der Waals surface area (Å²) in [6.45, 7) is 5.86. The van der Waals surface area contributed by atoms with Crippen molar-refractivity contribution in [3.8, 4) is 5.69 Å². The predicted octanol–water partition coefficient (Wildman–Crippen LogP) is 4.70. The minimum atomic E-state index is -0.963. The summed E-state index contributed by atoms with van der Waals surface area (Å²) in [5.74, 6) is -1.51. The fraction of sp³-hybridized carbons (Fsp3) is 0.208. The molecular formula is C24H22Cl2N6O4. The molecule has 0 radical (unpaired) electrons. The van der Waals surface area contributed by atoms with Gasteiger partial charge in [-0.3, -0.25) is 25.1 Å². The van der Waals surface area contributed by atoms with Crippen LogP contribution in [0, 0.1) is 0 Å². The standard InChI is InChI=1S/C24H22Cl2N6O4/c1-24(2,3)17-11-18(28-22(35)27-16-9-5-8-15(25)19(16)26)32(30-17)14-7-4-6-13(10-14)12-31-21(34)20(33)29-23(31)36/h4-11H,12H2,1-3H3,(H2,27,28,35)(H,29,33,36). The van der Waals surface area contributed by atoms with Crippen LogP contribution in [-0.4, -0.2) is 38.6 Å². The third-order valence-electron chi connectivity index (χ3n) is 5.32. The molecule has 1 aliphatic heterocycles. The van der Waals surface area contributed by atoms with Gasteiger partial charge in [0.25, 0.3) is 0 Å². The molecule has 6 amide bonds. The molecule has 0 atom stereocenters. The molecule has 36 heavy (non-hydrogen) atoms. The van der Waals surface area contributed by atoms with Gasteiger partial charge in [0.15, 0.2) is 0 Å². The molecule has 1 aromatic heterocycles. The Kier molecular flexibility index (Phi) is 6.75. The molecule has 2 aromatic carbocycles. The second-order valence-electron chi connectivity index (χ2n) is 9.08. The van der Waals surface area contributed by atoms with Crippen LogP contribution >= 0.6 is 23.2 Å². The first-order valence-corrected chi connectivity index (χ1v) is 11.6. The Labute approximate surface area is 216 Å². The zero-order valence-corrected chi connectivity index (χ0v) is 21.1. The maximum Gasteiger partial charge on any atom is 0.331 e. The van der Waals surface area contributed by atoms with E-state index in [9.17, 15) is 19.2 Å². The number of aromatic nitrogens is 2. The van der Waals surface area contributed by atoms with Crippen LogP contribution in [0.15, 0.2) is 48.5 Å². The monoisotopic (exact) mass is 528 g/mol. The van der Waals surface area contributed by atoms with E-state index in [0.29, 0.717) is 33.5 Å². The molecule has 12 heteroatoms. The normalized spacial score (nSPS) is 13.7. The Morgan fingerprint density at radius 2 is 1.75 bits per heavy atom. The molecule has 2 heterocycles. The van der Waals surface area contributed by atoms with E-state index in [-0.39, 0.29) is 17.0 Å². The summed E-state index contributed by atoms with van der Waals surface area (Å²) in [4.78, 5) is 49.0. The first-order chi connectivity index (χ1) is 16.9. The molecule has 0 bridgehead atoms. The lowest BCUT2D eigenvalue weighted by Gasteiger charge is -2.15. The first-order valence-electron chi connectivity index (χ1n) is 10.8. The van der Waals surface area contributed by atoms with Crippen molar-refractivity contribution in [2.45, 2.75) is 32.7 Å². The van der Waals surface area contributed by atoms with Crippen molar-refractivity contribution >= 4 is 58.6 Å². The van der Waals surface area contributed by atoms with Crippen molar-refractivity contribution < 1.29 is 19.2 Å². The Morgan fingerprint density at radius 3 is 2.42 bits per heavy atom. The number of nitrogens with one attached hydrogen (secondary N) is 3. The van der Waals surface area contributed by atoms with Gasteiger partial charge in [0, 0.05) is 11.5 Å². The van der Waals surface area contributed by atoms with Gasteiger partial charge < -0.3 is 5.32 Å². The molecular weight excluding hydrogens is 507 g/mol. The van der Waals surface area contributed by atoms with E-state index in [4.69, 9.17) is 23.2 Å². The van der Waals surface area contributed by atoms with Crippen LogP contribution in [0.2, 0.25) is 10.0 Å². The smallest absolute Gasteiger partial charge is 0.306 e. The van der Waals surface area contributed by atoms with Crippen LogP contribution in [-0.2, 0) is 21.5 Å². The van der Waals surface area contributed by atoms with E-state index in [2.05, 4.69) is 15.7 Å². The minimum absolute atomic E-state index is 0.103. The fourth-order valence-electron chi connectivity index (χ4n) is 3.45. The number of carbonyl (C=O) groups is 4. The van der Waals surface area contributed by atoms with Crippen molar-refractivity contribution in [2.75, 3.05) is 10.6 Å². The van der Waals surface area contributed by atoms with Crippen LogP contribution in [0.4, 0.5) is 21.1 Å². The first kappa shape index (κ1) is 25.2. The molecule has 3 aromatic rings. The van der Waals surface area contributed by atoms with E-state index in [1.807, 2.05) is 26.1 Å². The summed E-state index contributed by atoms with van der Waals surface area (Å²) in [5.41, 5.74) is 1.88. The largest absolute Gasteiger partial charge is 0.331 e. The summed E-state index contributed by atoms with van der Waals surface area (Å²) >= 11 is 12.2. The highest BCUT2D eigenvalue weighted by atomic mass is 35.5. The van der Waals surface area contributed by atoms with Gasteiger partial charge in [0.05, 0.1) is 33.7 Å². The van der Waals surface area contributed by atoms with Crippen molar-refractivity contribution in [3.63, 3.8) is 0 Å². The molecule has 0 unspecified atom stereocenters. The number of urea groups is 2. The van der Waals surface area contributed by atoms with Crippen LogP contribution < -0.4 is 16.0 Å². The Morgan fingerprint density at radius 1 is 1.03 bits per heavy atom. The number of hydrogen-bond acceptors (Lipinski definition) is 5. The fourth-order valence-corrected chi connectivity index (χ4v) is 3.80. The molecule has 1 aliphatic rings. The highest BCUT2D eigenvalue weighted by molar-refractivity contribution is 6.45. The van der Waals surface area contributed by atoms with Crippen molar-refractivity contribution in [1.82, 2.24) is 20.0 Å². The Bertz CT molecular complexity index is 1400. The van der Waals surface area contributed by atoms with Crippen molar-refractivity contribution in [2.24, 2.45) is 0 Å². The number of carbonyl (C=O) groups excluding carboxylic acids is 4. The number of amides is 6. The third-order valence-corrected chi connectivity index (χ3v) is 6.14. The lowest BCUT2D eigenvalue weighted by atomic mass is 9.92. The molecule has 0 saturated carbocycles. The Hall–Kier alpha value is -3.89. The quantitative estimate of drug-likeness (QED) is 0.327. The topological polar surface area (TPSA) is 125 Å². The molecule has 1 fully saturated rings. The molecule has 4 rings (SSSR count). The van der Waals surface area contributed by atoms with Gasteiger partial charge in [-0.2, -0.15) is 5.10 Å². The van der Waals surface area contributed by atoms with Crippen molar-refractivity contribution in [1.29, 1.82) is 0 Å². The maximum atomic E-state index is 12.8. The summed E-state index contributed by atoms with van der Waals surface area (Å²) < 4.78 is 1.54. The predicted molar refractivity (Wildman–Crippen MR) is 135 cm³/mol. The zero-order chi connectivity index (χ0) is 26.2. The molecule has 1 saturated heterocycles. The van der Waals surface area contributed by atoms with Gasteiger partial charge in [0.2, 0.25) is 0 Å². The Balaban J connectivity index is 1.63. The number of benzene rings is 2. The van der Waals surface area contributed by atoms with Gasteiger partial charge >= 0.3 is 23.9 Å². The van der Waals surface area contributed by atoms with Gasteiger partial charge in [-0.15, -0.1) is 0 Å². The zero-order valence-electron chi connectivity index (χ0n) is 19.6. The number of rotatable bonds is 5. The second-order valence-corrected chi connectivity index (χ2v) is 9.86. The van der Waals surface area contributed by atoms with E-state index < -0.39 is 23.9 Å². The number of halogens is 2. The highest BCUT2D eigenvalue weighted by Gasteiger charge is 2.36. The summed E-state index contributed by atoms with van der Waals surface area (Å²) in [7, 11) is 0. The maximum absolute atomic E-state index is 12.8. The van der Waals surface area contributed by atoms with Crippen molar-refractivity contribution in [3.05, 3.63) is 69.8 Å². The summed E-state index contributed by atoms with van der Waals surface area (Å²) in [6.07, 6.45) is 0. The number of anilines is 2. The minimum Gasteiger partial charge on any atom is -0.306 e. The van der Waals surface area contributed by atoms with Gasteiger partial charge in [-0.25, -0.2) is 14.3 Å². The molecule has 0 spiro atoms. The van der Waals surface area contributed by atoms with Gasteiger partial charge in [0.1, 0.15) is 5.82 Å². The van der Waals surface area contributed by atoms with E-state index in [0.717, 1.165) is 4.90 Å². The van der Waals surface area contributed by atoms with Crippen LogP contribution in [0.5, 0.6) is 0 Å². The third kappa shape index (κ3) is 5.19. The van der Waals surface area contributed by atoms with Gasteiger partial charge in [-0.05, 0) is 29.8 Å². The average molecular weight is 529 g/mol. The van der Waals surface area contributed by atoms with E-state index in [1.54, 1.807) is 53.2 Å². The number of imide groups is 2. The van der Waals surface area contributed by atoms with Gasteiger partial charge in [-0.1, -0.05) is 62.2 Å². The molecule has 3 N–H and O–H groups in total. The van der Waals surface area contributed by atoms with E-state index in [1.165, 1.54) is 0 Å². The number of nitrogens with zero attached hydrogens (tertiary/aromatic N) is 3. The lowest BCUT2D eigenvalue weighted by molar-refractivity contribution is -0.140. The summed E-state index contributed by atoms with van der Waals surface area (Å²) in [5, 5.41) is 12.6. The van der Waals surface area contributed by atoms with E-state index >= 15 is 0 Å². The average Bonchev–Trinajstić information content (AvgIpc) is 3.33. The highest BCUT2D eigenvalue weighted by Crippen LogP contribution is 2.30. The SMILES string of the molecule is CC(C)(C)c1cc(NC(=O)Nc2cccc(Cl)c2Cl)n(-c2cccc(CN3C(=O)NC(=O)C3=O)c2)n1. The van der Waals surface area contributed by atoms with Crippen LogP contribution in [0.3, 0.4) is 0 Å². The molecule has 0 aliphatic carbocycles. The number of hydrogen-bond donors (Lipinski definition) is 3. The van der Waals surface area contributed by atoms with Crippen LogP contribution in [0.25, 0.3) is 5.69 Å². The second kappa shape index (κ2) is 9.63. The molecule has 10 nitrogen and oxygen atoms in total. The lowest BCUT2D eigenvalue weighted by Crippen LogP contribution is -2.30. The van der Waals surface area contributed by atoms with Crippen LogP contribution in [0.1, 0.15) is 32.0 Å². The summed E-state index contributed by atoms with van der Waals surface area (Å²) in [6, 6.07) is 12.2.